The Balaban J connectivity index is -0.000000592. The fourth-order valence-electron chi connectivity index (χ4n) is 3.38. The minimum atomic E-state index is -4.02. The predicted octanol–water partition coefficient (Wildman–Crippen LogP) is 6.21. The van der Waals surface area contributed by atoms with Crippen molar-refractivity contribution >= 4 is 26.3 Å². The zero-order valence-electron chi connectivity index (χ0n) is 32.4. The Labute approximate surface area is 307 Å². The Morgan fingerprint density at radius 1 is 0.745 bits per heavy atom. The summed E-state index contributed by atoms with van der Waals surface area (Å²) >= 11 is 0. The highest BCUT2D eigenvalue weighted by atomic mass is 32.2. The summed E-state index contributed by atoms with van der Waals surface area (Å²) in [5.74, 6) is 0. The number of nitrogens with one attached hydrogen (secondary N) is 1. The molecule has 0 spiro atoms. The van der Waals surface area contributed by atoms with Crippen molar-refractivity contribution in [3.8, 4) is 0 Å². The van der Waals surface area contributed by atoms with Crippen molar-refractivity contribution in [1.82, 2.24) is 5.32 Å². The summed E-state index contributed by atoms with van der Waals surface area (Å²) in [6.07, 6.45) is 5.28. The Morgan fingerprint density at radius 3 is 1.33 bits per heavy atom. The lowest BCUT2D eigenvalue weighted by Gasteiger charge is -2.30. The first kappa shape index (κ1) is 52.7. The van der Waals surface area contributed by atoms with Crippen LogP contribution in [0.3, 0.4) is 0 Å². The van der Waals surface area contributed by atoms with Crippen LogP contribution in [0.2, 0.25) is 0 Å². The van der Waals surface area contributed by atoms with Gasteiger partial charge in [0.1, 0.15) is 5.60 Å². The van der Waals surface area contributed by atoms with Crippen LogP contribution >= 0.6 is 0 Å². The van der Waals surface area contributed by atoms with Crippen molar-refractivity contribution in [3.05, 3.63) is 59.7 Å². The summed E-state index contributed by atoms with van der Waals surface area (Å²) in [6, 6.07) is 12.0. The fourth-order valence-corrected chi connectivity index (χ4v) is 4.34. The van der Waals surface area contributed by atoms with Gasteiger partial charge >= 0.3 is 6.09 Å². The average molecular weight is 767 g/mol. The molecule has 1 amide bonds. The van der Waals surface area contributed by atoms with Gasteiger partial charge in [-0.3, -0.25) is 9.11 Å². The summed E-state index contributed by atoms with van der Waals surface area (Å²) < 4.78 is 64.3. The highest BCUT2D eigenvalue weighted by Gasteiger charge is 2.27. The van der Waals surface area contributed by atoms with E-state index in [9.17, 15) is 26.7 Å². The molecule has 0 fully saturated rings. The van der Waals surface area contributed by atoms with E-state index < -0.39 is 37.5 Å². The molecule has 0 unspecified atom stereocenters. The number of benzene rings is 2. The number of carbonyl (C=O) groups is 1. The third-order valence-electron chi connectivity index (χ3n) is 6.33. The lowest BCUT2D eigenvalue weighted by Crippen LogP contribution is -2.50. The van der Waals surface area contributed by atoms with Crippen LogP contribution in [0.5, 0.6) is 0 Å². The topological polar surface area (TPSA) is 234 Å². The number of alkyl carbamates (subject to hydrolysis) is 1. The highest BCUT2D eigenvalue weighted by Crippen LogP contribution is 2.15. The first-order valence-corrected chi connectivity index (χ1v) is 19.7. The van der Waals surface area contributed by atoms with E-state index in [1.54, 1.807) is 38.1 Å². The first-order chi connectivity index (χ1) is 23.1. The number of rotatable bonds is 11. The van der Waals surface area contributed by atoms with E-state index in [1.807, 2.05) is 48.5 Å². The molecule has 8 N–H and O–H groups in total. The molecule has 2 aromatic carbocycles. The van der Waals surface area contributed by atoms with E-state index >= 15 is 0 Å². The standard InChI is InChI=1S/C12H25NO3.C7H17NO.2C7H8O3S.C3H8O/c1-6-7-8-12(5,9-14)13-10(15)16-11(2,3)4;1-3-4-5-7(2,8)6-9;2*1-6-2-4-7(5-3-6)11(8,9)10;1-3(2)4/h14H,6-9H2,1-5H3,(H,13,15);9H,3-6,8H2,1-2H3;2*2-5H,1H3,(H,8,9,10);3-4H,1-2H3/t12-;7-;;;/m11.../s1. The molecule has 0 heterocycles. The molecule has 0 aliphatic heterocycles. The van der Waals surface area contributed by atoms with Crippen LogP contribution in [0.1, 0.15) is 112 Å². The predicted molar refractivity (Wildman–Crippen MR) is 203 cm³/mol. The third kappa shape index (κ3) is 31.8. The van der Waals surface area contributed by atoms with E-state index in [2.05, 4.69) is 19.2 Å². The number of aliphatic hydroxyl groups excluding tert-OH is 3. The molecule has 2 aromatic rings. The number of aryl methyl sites for hydroxylation is 2. The molecule has 0 aliphatic rings. The second-order valence-corrected chi connectivity index (χ2v) is 16.9. The van der Waals surface area contributed by atoms with Gasteiger partial charge in [0.15, 0.2) is 0 Å². The SMILES string of the molecule is CC(C)O.CCCC[C@@](C)(N)CO.CCCC[C@](C)(CO)NC(=O)OC(C)(C)C.Cc1ccc(S(=O)(=O)O)cc1.Cc1ccc(S(=O)(=O)O)cc1. The lowest BCUT2D eigenvalue weighted by molar-refractivity contribution is 0.0404. The molecule has 13 nitrogen and oxygen atoms in total. The van der Waals surface area contributed by atoms with Crippen LogP contribution in [-0.2, 0) is 25.0 Å². The Hall–Kier alpha value is -2.63. The number of hydrogen-bond donors (Lipinski definition) is 7. The van der Waals surface area contributed by atoms with Gasteiger partial charge < -0.3 is 31.1 Å². The maximum absolute atomic E-state index is 11.6. The number of unbranched alkanes of at least 4 members (excludes halogenated alkanes) is 2. The summed E-state index contributed by atoms with van der Waals surface area (Å²) in [5.41, 5.74) is 6.12. The van der Waals surface area contributed by atoms with Gasteiger partial charge in [-0.2, -0.15) is 16.8 Å². The monoisotopic (exact) mass is 766 g/mol. The van der Waals surface area contributed by atoms with E-state index in [4.69, 9.17) is 29.8 Å². The van der Waals surface area contributed by atoms with Gasteiger partial charge in [0.2, 0.25) is 0 Å². The van der Waals surface area contributed by atoms with Crippen molar-refractivity contribution in [2.45, 2.75) is 147 Å². The molecule has 0 saturated carbocycles. The molecule has 51 heavy (non-hydrogen) atoms. The number of ether oxygens (including phenoxy) is 1. The van der Waals surface area contributed by atoms with E-state index in [1.165, 1.54) is 24.3 Å². The number of aliphatic hydroxyl groups is 3. The maximum Gasteiger partial charge on any atom is 0.408 e. The van der Waals surface area contributed by atoms with E-state index in [-0.39, 0.29) is 34.6 Å². The zero-order valence-corrected chi connectivity index (χ0v) is 34.1. The van der Waals surface area contributed by atoms with Gasteiger partial charge in [-0.15, -0.1) is 0 Å². The van der Waals surface area contributed by atoms with Crippen LogP contribution in [0, 0.1) is 13.8 Å². The van der Waals surface area contributed by atoms with Crippen LogP contribution in [0.4, 0.5) is 4.79 Å². The molecule has 0 radical (unpaired) electrons. The number of nitrogens with two attached hydrogens (primary N) is 1. The molecule has 298 valence electrons. The van der Waals surface area contributed by atoms with Crippen molar-refractivity contribution < 1.29 is 50.8 Å². The molecule has 0 aliphatic carbocycles. The van der Waals surface area contributed by atoms with E-state index in [0.717, 1.165) is 49.7 Å². The van der Waals surface area contributed by atoms with Gasteiger partial charge in [-0.1, -0.05) is 74.9 Å². The molecular formula is C36H66N2O11S2. The van der Waals surface area contributed by atoms with Crippen LogP contribution in [-0.4, -0.2) is 83.4 Å². The highest BCUT2D eigenvalue weighted by molar-refractivity contribution is 7.86. The summed E-state index contributed by atoms with van der Waals surface area (Å²) in [5, 5.41) is 28.8. The van der Waals surface area contributed by atoms with Gasteiger partial charge in [-0.05, 0) is 99.4 Å². The van der Waals surface area contributed by atoms with Crippen LogP contribution in [0.15, 0.2) is 58.3 Å². The van der Waals surface area contributed by atoms with Gasteiger partial charge in [0.25, 0.3) is 20.2 Å². The molecule has 0 bridgehead atoms. The molecule has 15 heteroatoms. The summed E-state index contributed by atoms with van der Waals surface area (Å²) in [7, 11) is -8.04. The molecular weight excluding hydrogens is 701 g/mol. The number of amides is 1. The normalized spacial score (nSPS) is 13.5. The van der Waals surface area contributed by atoms with Crippen LogP contribution in [0.25, 0.3) is 0 Å². The molecule has 0 saturated heterocycles. The molecule has 2 rings (SSSR count). The Kier molecular flexibility index (Phi) is 26.2. The van der Waals surface area contributed by atoms with Crippen molar-refractivity contribution in [3.63, 3.8) is 0 Å². The average Bonchev–Trinajstić information content (AvgIpc) is 2.98. The fraction of sp³-hybridized carbons (Fsp3) is 0.639. The molecule has 0 aromatic heterocycles. The van der Waals surface area contributed by atoms with Gasteiger partial charge in [-0.25, -0.2) is 4.79 Å². The summed E-state index contributed by atoms with van der Waals surface area (Å²) in [4.78, 5) is 11.4. The van der Waals surface area contributed by atoms with Gasteiger partial charge in [0, 0.05) is 11.6 Å². The number of carbonyl (C=O) groups excluding carboxylic acids is 1. The lowest BCUT2D eigenvalue weighted by atomic mass is 9.96. The maximum atomic E-state index is 11.6. The van der Waals surface area contributed by atoms with Crippen LogP contribution < -0.4 is 11.1 Å². The largest absolute Gasteiger partial charge is 0.444 e. The Bertz CT molecular complexity index is 1350. The van der Waals surface area contributed by atoms with Crippen molar-refractivity contribution in [1.29, 1.82) is 0 Å². The van der Waals surface area contributed by atoms with Crippen molar-refractivity contribution in [2.75, 3.05) is 13.2 Å². The second-order valence-electron chi connectivity index (χ2n) is 14.0. The van der Waals surface area contributed by atoms with Crippen molar-refractivity contribution in [2.24, 2.45) is 5.73 Å². The second kappa shape index (κ2) is 25.4. The molecule has 2 atom stereocenters. The minimum absolute atomic E-state index is 0.0666. The Morgan fingerprint density at radius 2 is 1.08 bits per heavy atom. The number of hydrogen-bond acceptors (Lipinski definition) is 10. The summed E-state index contributed by atoms with van der Waals surface area (Å²) in [6.45, 7) is 20.5. The minimum Gasteiger partial charge on any atom is -0.444 e. The van der Waals surface area contributed by atoms with Gasteiger partial charge in [0.05, 0.1) is 28.5 Å². The zero-order chi connectivity index (χ0) is 40.7. The quantitative estimate of drug-likeness (QED) is 0.127. The smallest absolute Gasteiger partial charge is 0.408 e. The first-order valence-electron chi connectivity index (χ1n) is 16.9. The third-order valence-corrected chi connectivity index (χ3v) is 8.07. The van der Waals surface area contributed by atoms with E-state index in [0.29, 0.717) is 0 Å².